The van der Waals surface area contributed by atoms with Crippen molar-refractivity contribution in [2.24, 2.45) is 0 Å². The molecule has 0 aliphatic heterocycles. The van der Waals surface area contributed by atoms with Crippen LogP contribution in [0.2, 0.25) is 0 Å². The zero-order chi connectivity index (χ0) is 25.5. The maximum absolute atomic E-state index is 12.9. The number of hydrogen-bond acceptors (Lipinski definition) is 4. The van der Waals surface area contributed by atoms with Crippen molar-refractivity contribution in [2.75, 3.05) is 6.54 Å². The summed E-state index contributed by atoms with van der Waals surface area (Å²) in [6.07, 6.45) is 13.7. The predicted molar refractivity (Wildman–Crippen MR) is 144 cm³/mol. The second-order valence-electron chi connectivity index (χ2n) is 9.53. The number of benzene rings is 2. The van der Waals surface area contributed by atoms with Gasteiger partial charge in [-0.15, -0.1) is 0 Å². The molecule has 0 saturated heterocycles. The first-order chi connectivity index (χ1) is 16.8. The molecule has 2 atom stereocenters. The van der Waals surface area contributed by atoms with Crippen molar-refractivity contribution in [1.29, 1.82) is 0 Å². The van der Waals surface area contributed by atoms with Crippen LogP contribution in [0.25, 0.3) is 10.8 Å². The van der Waals surface area contributed by atoms with Gasteiger partial charge in [-0.2, -0.15) is 4.72 Å². The van der Waals surface area contributed by atoms with Gasteiger partial charge in [0.1, 0.15) is 6.04 Å². The fourth-order valence-electron chi connectivity index (χ4n) is 4.23. The number of aliphatic hydroxyl groups is 1. The van der Waals surface area contributed by atoms with E-state index < -0.39 is 28.1 Å². The van der Waals surface area contributed by atoms with Crippen LogP contribution in [-0.2, 0) is 14.8 Å². The number of rotatable bonds is 18. The van der Waals surface area contributed by atoms with Gasteiger partial charge in [-0.05, 0) is 36.2 Å². The Hall–Kier alpha value is -1.96. The average Bonchev–Trinajstić information content (AvgIpc) is 2.84. The average molecular weight is 505 g/mol. The maximum atomic E-state index is 12.9. The molecule has 0 bridgehead atoms. The summed E-state index contributed by atoms with van der Waals surface area (Å²) in [4.78, 5) is 12.7. The SMILES string of the molecule is CCCCCCCCCCCCCCNC(=O)[C@@H](NS(=O)(=O)c1ccc2ccccc2c1)[C@@H](C)O. The van der Waals surface area contributed by atoms with Crippen LogP contribution in [0.4, 0.5) is 0 Å². The van der Waals surface area contributed by atoms with Gasteiger partial charge >= 0.3 is 0 Å². The molecule has 2 aromatic rings. The van der Waals surface area contributed by atoms with Gasteiger partial charge in [-0.1, -0.05) is 108 Å². The van der Waals surface area contributed by atoms with Gasteiger partial charge in [0, 0.05) is 6.54 Å². The van der Waals surface area contributed by atoms with E-state index in [1.807, 2.05) is 24.3 Å². The molecule has 0 spiro atoms. The quantitative estimate of drug-likeness (QED) is 0.227. The Morgan fingerprint density at radius 2 is 1.37 bits per heavy atom. The third-order valence-corrected chi connectivity index (χ3v) is 7.85. The van der Waals surface area contributed by atoms with E-state index in [4.69, 9.17) is 0 Å². The Bertz CT molecular complexity index is 991. The van der Waals surface area contributed by atoms with Crippen molar-refractivity contribution >= 4 is 26.7 Å². The Kier molecular flexibility index (Phi) is 13.3. The number of nitrogens with one attached hydrogen (secondary N) is 2. The molecule has 35 heavy (non-hydrogen) atoms. The summed E-state index contributed by atoms with van der Waals surface area (Å²) < 4.78 is 28.1. The number of unbranched alkanes of at least 4 members (excludes halogenated alkanes) is 11. The van der Waals surface area contributed by atoms with Gasteiger partial charge in [0.25, 0.3) is 0 Å². The third kappa shape index (κ3) is 10.7. The Morgan fingerprint density at radius 1 is 0.829 bits per heavy atom. The van der Waals surface area contributed by atoms with E-state index in [0.29, 0.717) is 6.54 Å². The predicted octanol–water partition coefficient (Wildman–Crippen LogP) is 5.68. The lowest BCUT2D eigenvalue weighted by Crippen LogP contribution is -2.52. The van der Waals surface area contributed by atoms with Crippen LogP contribution in [0.3, 0.4) is 0 Å². The molecule has 6 nitrogen and oxygen atoms in total. The number of carbonyl (C=O) groups excluding carboxylic acids is 1. The number of sulfonamides is 1. The van der Waals surface area contributed by atoms with Crippen molar-refractivity contribution in [1.82, 2.24) is 10.0 Å². The van der Waals surface area contributed by atoms with Crippen LogP contribution in [0, 0.1) is 0 Å². The van der Waals surface area contributed by atoms with E-state index in [1.165, 1.54) is 70.8 Å². The number of aliphatic hydroxyl groups excluding tert-OH is 1. The smallest absolute Gasteiger partial charge is 0.241 e. The van der Waals surface area contributed by atoms with Gasteiger partial charge in [-0.3, -0.25) is 4.79 Å². The summed E-state index contributed by atoms with van der Waals surface area (Å²) in [6, 6.07) is 11.0. The van der Waals surface area contributed by atoms with Crippen molar-refractivity contribution in [3.8, 4) is 0 Å². The summed E-state index contributed by atoms with van der Waals surface area (Å²) in [5.74, 6) is -0.507. The molecule has 0 heterocycles. The summed E-state index contributed by atoms with van der Waals surface area (Å²) in [5.41, 5.74) is 0. The molecule has 0 fully saturated rings. The number of fused-ring (bicyclic) bond motifs is 1. The lowest BCUT2D eigenvalue weighted by atomic mass is 10.1. The monoisotopic (exact) mass is 504 g/mol. The topological polar surface area (TPSA) is 95.5 Å². The fraction of sp³-hybridized carbons (Fsp3) is 0.607. The summed E-state index contributed by atoms with van der Waals surface area (Å²) in [6.45, 7) is 4.12. The highest BCUT2D eigenvalue weighted by Gasteiger charge is 2.29. The minimum absolute atomic E-state index is 0.0654. The molecule has 0 saturated carbocycles. The zero-order valence-electron chi connectivity index (χ0n) is 21.5. The minimum atomic E-state index is -3.97. The molecule has 0 aromatic heterocycles. The van der Waals surface area contributed by atoms with Gasteiger partial charge in [-0.25, -0.2) is 8.42 Å². The first-order valence-corrected chi connectivity index (χ1v) is 14.8. The number of amides is 1. The van der Waals surface area contributed by atoms with Crippen LogP contribution in [-0.4, -0.2) is 38.1 Å². The summed E-state index contributed by atoms with van der Waals surface area (Å²) in [7, 11) is -3.97. The molecular formula is C28H44N2O4S. The highest BCUT2D eigenvalue weighted by atomic mass is 32.2. The summed E-state index contributed by atoms with van der Waals surface area (Å²) >= 11 is 0. The molecule has 2 aromatic carbocycles. The molecule has 0 radical (unpaired) electrons. The molecule has 196 valence electrons. The van der Waals surface area contributed by atoms with E-state index in [-0.39, 0.29) is 4.90 Å². The van der Waals surface area contributed by atoms with Gasteiger partial charge < -0.3 is 10.4 Å². The second-order valence-corrected chi connectivity index (χ2v) is 11.2. The normalized spacial score (nSPS) is 13.6. The molecule has 0 aliphatic carbocycles. The van der Waals surface area contributed by atoms with E-state index in [2.05, 4.69) is 17.0 Å². The van der Waals surface area contributed by atoms with Crippen molar-refractivity contribution in [3.05, 3.63) is 42.5 Å². The molecule has 7 heteroatoms. The molecular weight excluding hydrogens is 460 g/mol. The number of hydrogen-bond donors (Lipinski definition) is 3. The van der Waals surface area contributed by atoms with Crippen molar-refractivity contribution in [3.63, 3.8) is 0 Å². The van der Waals surface area contributed by atoms with Crippen molar-refractivity contribution in [2.45, 2.75) is 108 Å². The summed E-state index contributed by atoms with van der Waals surface area (Å²) in [5, 5.41) is 14.6. The van der Waals surface area contributed by atoms with E-state index in [0.717, 1.165) is 30.0 Å². The van der Waals surface area contributed by atoms with Gasteiger partial charge in [0.15, 0.2) is 0 Å². The lowest BCUT2D eigenvalue weighted by molar-refractivity contribution is -0.124. The highest BCUT2D eigenvalue weighted by molar-refractivity contribution is 7.89. The second kappa shape index (κ2) is 15.9. The molecule has 0 aliphatic rings. The maximum Gasteiger partial charge on any atom is 0.241 e. The third-order valence-electron chi connectivity index (χ3n) is 6.41. The fourth-order valence-corrected chi connectivity index (χ4v) is 5.53. The molecule has 0 unspecified atom stereocenters. The van der Waals surface area contributed by atoms with E-state index in [9.17, 15) is 18.3 Å². The van der Waals surface area contributed by atoms with Gasteiger partial charge in [0.05, 0.1) is 11.0 Å². The Balaban J connectivity index is 1.69. The first-order valence-electron chi connectivity index (χ1n) is 13.3. The molecule has 1 amide bonds. The van der Waals surface area contributed by atoms with E-state index >= 15 is 0 Å². The van der Waals surface area contributed by atoms with Crippen LogP contribution >= 0.6 is 0 Å². The van der Waals surface area contributed by atoms with Crippen LogP contribution in [0.5, 0.6) is 0 Å². The standard InChI is InChI=1S/C28H44N2O4S/c1-3-4-5-6-7-8-9-10-11-12-13-16-21-29-28(32)27(23(2)31)30-35(33,34)26-20-19-24-17-14-15-18-25(24)22-26/h14-15,17-20,22-23,27,30-31H,3-13,16,21H2,1-2H3,(H,29,32)/t23-,27+/m1/s1. The largest absolute Gasteiger partial charge is 0.391 e. The van der Waals surface area contributed by atoms with Gasteiger partial charge in [0.2, 0.25) is 15.9 Å². The van der Waals surface area contributed by atoms with E-state index in [1.54, 1.807) is 12.1 Å². The number of carbonyl (C=O) groups is 1. The molecule has 3 N–H and O–H groups in total. The van der Waals surface area contributed by atoms with Crippen molar-refractivity contribution < 1.29 is 18.3 Å². The van der Waals surface area contributed by atoms with Crippen LogP contribution in [0.15, 0.2) is 47.4 Å². The minimum Gasteiger partial charge on any atom is -0.391 e. The van der Waals surface area contributed by atoms with Crippen LogP contribution in [0.1, 0.15) is 90.9 Å². The first kappa shape index (κ1) is 29.3. The Labute approximate surface area is 211 Å². The Morgan fingerprint density at radius 3 is 1.94 bits per heavy atom. The van der Waals surface area contributed by atoms with Crippen LogP contribution < -0.4 is 10.0 Å². The zero-order valence-corrected chi connectivity index (χ0v) is 22.3. The lowest BCUT2D eigenvalue weighted by Gasteiger charge is -2.21. The highest BCUT2D eigenvalue weighted by Crippen LogP contribution is 2.19. The molecule has 2 rings (SSSR count).